The van der Waals surface area contributed by atoms with Crippen molar-refractivity contribution in [2.45, 2.75) is 33.7 Å². The molecule has 0 spiro atoms. The van der Waals surface area contributed by atoms with Crippen LogP contribution in [-0.2, 0) is 14.4 Å². The number of aliphatic carboxylic acids is 1. The van der Waals surface area contributed by atoms with Crippen LogP contribution in [0.25, 0.3) is 0 Å². The summed E-state index contributed by atoms with van der Waals surface area (Å²) in [5.74, 6) is -2.18. The molecular formula is C12H22N2O4. The smallest absolute Gasteiger partial charge is 0.308 e. The predicted molar refractivity (Wildman–Crippen MR) is 66.9 cm³/mol. The number of carboxylic acid groups (broad SMARTS) is 1. The van der Waals surface area contributed by atoms with Crippen molar-refractivity contribution in [1.29, 1.82) is 0 Å². The average Bonchev–Trinajstić information content (AvgIpc) is 2.23. The van der Waals surface area contributed by atoms with E-state index in [9.17, 15) is 14.4 Å². The highest BCUT2D eigenvalue weighted by atomic mass is 16.4. The lowest BCUT2D eigenvalue weighted by Crippen LogP contribution is -2.50. The van der Waals surface area contributed by atoms with Gasteiger partial charge in [0.2, 0.25) is 11.8 Å². The molecule has 0 bridgehead atoms. The number of carbonyl (C=O) groups excluding carboxylic acids is 2. The molecule has 6 heteroatoms. The summed E-state index contributed by atoms with van der Waals surface area (Å²) in [7, 11) is 1.54. The van der Waals surface area contributed by atoms with Crippen molar-refractivity contribution in [3.8, 4) is 0 Å². The Morgan fingerprint density at radius 3 is 2.06 bits per heavy atom. The molecule has 0 aliphatic carbocycles. The van der Waals surface area contributed by atoms with Gasteiger partial charge in [-0.2, -0.15) is 0 Å². The van der Waals surface area contributed by atoms with Crippen molar-refractivity contribution in [2.75, 3.05) is 13.6 Å². The van der Waals surface area contributed by atoms with Gasteiger partial charge in [-0.3, -0.25) is 14.4 Å². The Labute approximate surface area is 107 Å². The van der Waals surface area contributed by atoms with E-state index in [1.807, 2.05) is 13.8 Å². The van der Waals surface area contributed by atoms with Gasteiger partial charge in [0, 0.05) is 20.5 Å². The molecule has 0 heterocycles. The van der Waals surface area contributed by atoms with Crippen LogP contribution in [0, 0.1) is 11.8 Å². The molecule has 0 fully saturated rings. The third-order valence-corrected chi connectivity index (χ3v) is 2.64. The normalized spacial score (nSPS) is 13.9. The van der Waals surface area contributed by atoms with Gasteiger partial charge in [-0.05, 0) is 5.92 Å². The largest absolute Gasteiger partial charge is 0.481 e. The summed E-state index contributed by atoms with van der Waals surface area (Å²) in [5.41, 5.74) is 0. The topological polar surface area (TPSA) is 86.7 Å². The highest BCUT2D eigenvalue weighted by Gasteiger charge is 2.27. The number of nitrogens with one attached hydrogen (secondary N) is 1. The van der Waals surface area contributed by atoms with E-state index in [0.717, 1.165) is 0 Å². The van der Waals surface area contributed by atoms with E-state index in [4.69, 9.17) is 5.11 Å². The van der Waals surface area contributed by atoms with Crippen LogP contribution in [0.5, 0.6) is 0 Å². The minimum atomic E-state index is -0.949. The van der Waals surface area contributed by atoms with Gasteiger partial charge in [0.15, 0.2) is 0 Å². The molecule has 0 saturated carbocycles. The molecule has 2 unspecified atom stereocenters. The van der Waals surface area contributed by atoms with E-state index in [-0.39, 0.29) is 24.3 Å². The summed E-state index contributed by atoms with van der Waals surface area (Å²) in [6.07, 6.45) is 0. The van der Waals surface area contributed by atoms with Crippen molar-refractivity contribution in [2.24, 2.45) is 11.8 Å². The standard InChI is InChI=1S/C12H22N2O4/c1-7(2)10(13-9(4)15)11(16)14(5)6-8(3)12(17)18/h7-8,10H,6H2,1-5H3,(H,13,15)(H,17,18). The predicted octanol–water partition coefficient (Wildman–Crippen LogP) is 0.326. The highest BCUT2D eigenvalue weighted by molar-refractivity contribution is 5.87. The van der Waals surface area contributed by atoms with E-state index in [2.05, 4.69) is 5.32 Å². The van der Waals surface area contributed by atoms with Crippen LogP contribution in [0.3, 0.4) is 0 Å². The van der Waals surface area contributed by atoms with Crippen LogP contribution in [0.4, 0.5) is 0 Å². The van der Waals surface area contributed by atoms with E-state index >= 15 is 0 Å². The molecule has 0 saturated heterocycles. The SMILES string of the molecule is CC(=O)NC(C(=O)N(C)CC(C)C(=O)O)C(C)C. The molecule has 2 atom stereocenters. The maximum atomic E-state index is 12.1. The van der Waals surface area contributed by atoms with Crippen molar-refractivity contribution in [3.63, 3.8) is 0 Å². The Hall–Kier alpha value is -1.59. The zero-order valence-electron chi connectivity index (χ0n) is 11.6. The van der Waals surface area contributed by atoms with Gasteiger partial charge >= 0.3 is 5.97 Å². The molecule has 2 amide bonds. The van der Waals surface area contributed by atoms with Gasteiger partial charge in [-0.15, -0.1) is 0 Å². The Kier molecular flexibility index (Phi) is 6.36. The highest BCUT2D eigenvalue weighted by Crippen LogP contribution is 2.07. The van der Waals surface area contributed by atoms with Gasteiger partial charge in [0.05, 0.1) is 5.92 Å². The van der Waals surface area contributed by atoms with Gasteiger partial charge in [0.25, 0.3) is 0 Å². The third-order valence-electron chi connectivity index (χ3n) is 2.64. The van der Waals surface area contributed by atoms with Crippen LogP contribution < -0.4 is 5.32 Å². The maximum absolute atomic E-state index is 12.1. The van der Waals surface area contributed by atoms with Gasteiger partial charge < -0.3 is 15.3 Å². The van der Waals surface area contributed by atoms with E-state index < -0.39 is 17.9 Å². The Bertz CT molecular complexity index is 328. The maximum Gasteiger partial charge on any atom is 0.308 e. The summed E-state index contributed by atoms with van der Waals surface area (Å²) in [6, 6.07) is -0.617. The zero-order chi connectivity index (χ0) is 14.5. The molecular weight excluding hydrogens is 236 g/mol. The first-order valence-corrected chi connectivity index (χ1v) is 5.91. The van der Waals surface area contributed by atoms with Crippen molar-refractivity contribution < 1.29 is 19.5 Å². The lowest BCUT2D eigenvalue weighted by Gasteiger charge is -2.27. The van der Waals surface area contributed by atoms with Gasteiger partial charge in [-0.25, -0.2) is 0 Å². The Morgan fingerprint density at radius 2 is 1.72 bits per heavy atom. The molecule has 6 nitrogen and oxygen atoms in total. The van der Waals surface area contributed by atoms with Gasteiger partial charge in [0.1, 0.15) is 6.04 Å². The quantitative estimate of drug-likeness (QED) is 0.718. The number of hydrogen-bond acceptors (Lipinski definition) is 3. The number of carboxylic acids is 1. The fraction of sp³-hybridized carbons (Fsp3) is 0.750. The molecule has 2 N–H and O–H groups in total. The monoisotopic (exact) mass is 258 g/mol. The van der Waals surface area contributed by atoms with Gasteiger partial charge in [-0.1, -0.05) is 20.8 Å². The van der Waals surface area contributed by atoms with Crippen molar-refractivity contribution in [3.05, 3.63) is 0 Å². The fourth-order valence-corrected chi connectivity index (χ4v) is 1.55. The fourth-order valence-electron chi connectivity index (χ4n) is 1.55. The first kappa shape index (κ1) is 16.4. The summed E-state index contributed by atoms with van der Waals surface area (Å²) in [4.78, 5) is 35.2. The minimum Gasteiger partial charge on any atom is -0.481 e. The molecule has 18 heavy (non-hydrogen) atoms. The summed E-state index contributed by atoms with van der Waals surface area (Å²) in [6.45, 7) is 6.66. The number of nitrogens with zero attached hydrogens (tertiary/aromatic N) is 1. The second-order valence-corrected chi connectivity index (χ2v) is 4.88. The molecule has 0 radical (unpaired) electrons. The summed E-state index contributed by atoms with van der Waals surface area (Å²) in [5, 5.41) is 11.4. The molecule has 104 valence electrons. The van der Waals surface area contributed by atoms with Crippen LogP contribution in [0.1, 0.15) is 27.7 Å². The van der Waals surface area contributed by atoms with E-state index in [1.165, 1.54) is 18.7 Å². The third kappa shape index (κ3) is 5.16. The van der Waals surface area contributed by atoms with Crippen LogP contribution in [0.15, 0.2) is 0 Å². The summed E-state index contributed by atoms with van der Waals surface area (Å²) < 4.78 is 0. The lowest BCUT2D eigenvalue weighted by atomic mass is 10.0. The van der Waals surface area contributed by atoms with E-state index in [1.54, 1.807) is 7.05 Å². The molecule has 0 aromatic carbocycles. The second kappa shape index (κ2) is 6.98. The molecule has 0 aliphatic heterocycles. The van der Waals surface area contributed by atoms with E-state index in [0.29, 0.717) is 0 Å². The Balaban J connectivity index is 4.66. The van der Waals surface area contributed by atoms with Crippen LogP contribution >= 0.6 is 0 Å². The minimum absolute atomic E-state index is 0.0519. The molecule has 0 rings (SSSR count). The summed E-state index contributed by atoms with van der Waals surface area (Å²) >= 11 is 0. The van der Waals surface area contributed by atoms with Crippen LogP contribution in [-0.4, -0.2) is 47.4 Å². The first-order chi connectivity index (χ1) is 8.16. The number of likely N-dealkylation sites (N-methyl/N-ethyl adjacent to an activating group) is 1. The Morgan fingerprint density at radius 1 is 1.22 bits per heavy atom. The molecule has 0 aromatic rings. The van der Waals surface area contributed by atoms with Crippen molar-refractivity contribution >= 4 is 17.8 Å². The van der Waals surface area contributed by atoms with Crippen LogP contribution in [0.2, 0.25) is 0 Å². The number of carbonyl (C=O) groups is 3. The zero-order valence-corrected chi connectivity index (χ0v) is 11.6. The number of rotatable bonds is 6. The first-order valence-electron chi connectivity index (χ1n) is 5.91. The molecule has 0 aliphatic rings. The average molecular weight is 258 g/mol. The van der Waals surface area contributed by atoms with Crippen molar-refractivity contribution in [1.82, 2.24) is 10.2 Å². The molecule has 0 aromatic heterocycles. The number of hydrogen-bond donors (Lipinski definition) is 2. The second-order valence-electron chi connectivity index (χ2n) is 4.88. The lowest BCUT2D eigenvalue weighted by molar-refractivity contribution is -0.143. The number of amides is 2.